The molecule has 1 aromatic carbocycles. The zero-order chi connectivity index (χ0) is 19.8. The molecule has 0 atom stereocenters. The predicted molar refractivity (Wildman–Crippen MR) is 135 cm³/mol. The highest BCUT2D eigenvalue weighted by Crippen LogP contribution is 2.18. The first-order valence-corrected chi connectivity index (χ1v) is 10.9. The van der Waals surface area contributed by atoms with Gasteiger partial charge in [0, 0.05) is 51.7 Å². The van der Waals surface area contributed by atoms with Crippen LogP contribution in [0.4, 0.5) is 5.13 Å². The van der Waals surface area contributed by atoms with Crippen LogP contribution in [0.3, 0.4) is 0 Å². The maximum Gasteiger partial charge on any atom is 0.191 e. The molecule has 0 radical (unpaired) electrons. The van der Waals surface area contributed by atoms with E-state index >= 15 is 0 Å². The third-order valence-electron chi connectivity index (χ3n) is 4.84. The molecule has 0 saturated carbocycles. The highest BCUT2D eigenvalue weighted by atomic mass is 127. The molecule has 1 fully saturated rings. The molecule has 2 heterocycles. The lowest BCUT2D eigenvalue weighted by Crippen LogP contribution is -2.48. The summed E-state index contributed by atoms with van der Waals surface area (Å²) < 4.78 is 0. The van der Waals surface area contributed by atoms with Crippen molar-refractivity contribution in [3.05, 3.63) is 47.0 Å². The van der Waals surface area contributed by atoms with Crippen LogP contribution in [0.15, 0.2) is 40.7 Å². The van der Waals surface area contributed by atoms with Crippen molar-refractivity contribution in [3.63, 3.8) is 0 Å². The van der Waals surface area contributed by atoms with Crippen LogP contribution in [-0.4, -0.2) is 55.6 Å². The Bertz CT molecular complexity index is 741. The van der Waals surface area contributed by atoms with Gasteiger partial charge in [0.15, 0.2) is 11.1 Å². The van der Waals surface area contributed by atoms with Crippen molar-refractivity contribution in [2.45, 2.75) is 38.9 Å². The number of halogens is 1. The van der Waals surface area contributed by atoms with Gasteiger partial charge < -0.3 is 15.5 Å². The fraction of sp³-hybridized carbons (Fsp3) is 0.524. The van der Waals surface area contributed by atoms with E-state index in [-0.39, 0.29) is 24.0 Å². The van der Waals surface area contributed by atoms with Gasteiger partial charge in [-0.25, -0.2) is 9.98 Å². The van der Waals surface area contributed by atoms with Crippen molar-refractivity contribution in [3.8, 4) is 0 Å². The molecule has 1 aliphatic rings. The van der Waals surface area contributed by atoms with Crippen LogP contribution in [0.2, 0.25) is 0 Å². The number of benzene rings is 1. The van der Waals surface area contributed by atoms with Gasteiger partial charge in [0.25, 0.3) is 0 Å². The molecule has 2 aromatic rings. The number of hydrogen-bond donors (Lipinski definition) is 2. The lowest BCUT2D eigenvalue weighted by molar-refractivity contribution is 0.198. The average molecular weight is 529 g/mol. The van der Waals surface area contributed by atoms with Crippen molar-refractivity contribution >= 4 is 46.4 Å². The predicted octanol–water partition coefficient (Wildman–Crippen LogP) is 3.55. The van der Waals surface area contributed by atoms with Crippen molar-refractivity contribution in [2.24, 2.45) is 4.99 Å². The Morgan fingerprint density at radius 1 is 1.24 bits per heavy atom. The maximum atomic E-state index is 4.74. The largest absolute Gasteiger partial charge is 0.357 e. The van der Waals surface area contributed by atoms with E-state index in [1.165, 1.54) is 5.56 Å². The monoisotopic (exact) mass is 528 g/mol. The van der Waals surface area contributed by atoms with Crippen molar-refractivity contribution in [2.75, 3.05) is 38.6 Å². The molecule has 0 amide bonds. The first-order valence-electron chi connectivity index (χ1n) is 10.1. The molecule has 6 nitrogen and oxygen atoms in total. The highest BCUT2D eigenvalue weighted by Gasteiger charge is 2.20. The Hall–Kier alpha value is -1.39. The summed E-state index contributed by atoms with van der Waals surface area (Å²) in [7, 11) is 4.03. The van der Waals surface area contributed by atoms with E-state index in [0.29, 0.717) is 12.6 Å². The Labute approximate surface area is 195 Å². The molecule has 160 valence electrons. The summed E-state index contributed by atoms with van der Waals surface area (Å²) in [6.45, 7) is 6.84. The van der Waals surface area contributed by atoms with E-state index in [0.717, 1.165) is 55.8 Å². The zero-order valence-electron chi connectivity index (χ0n) is 17.6. The number of nitrogens with one attached hydrogen (secondary N) is 2. The summed E-state index contributed by atoms with van der Waals surface area (Å²) in [5, 5.41) is 10.1. The number of piperidine rings is 1. The van der Waals surface area contributed by atoms with Gasteiger partial charge in [-0.15, -0.1) is 35.3 Å². The second-order valence-electron chi connectivity index (χ2n) is 7.39. The van der Waals surface area contributed by atoms with E-state index in [9.17, 15) is 0 Å². The Kier molecular flexibility index (Phi) is 10.2. The van der Waals surface area contributed by atoms with Crippen LogP contribution in [0, 0.1) is 0 Å². The van der Waals surface area contributed by atoms with Gasteiger partial charge in [0.05, 0.1) is 12.2 Å². The van der Waals surface area contributed by atoms with Gasteiger partial charge in [-0.2, -0.15) is 0 Å². The van der Waals surface area contributed by atoms with Crippen LogP contribution in [0.5, 0.6) is 0 Å². The first kappa shape index (κ1) is 23.9. The Morgan fingerprint density at radius 3 is 2.59 bits per heavy atom. The van der Waals surface area contributed by atoms with E-state index in [1.807, 2.05) is 19.0 Å². The average Bonchev–Trinajstić information content (AvgIpc) is 3.18. The highest BCUT2D eigenvalue weighted by molar-refractivity contribution is 14.0. The first-order chi connectivity index (χ1) is 13.6. The lowest BCUT2D eigenvalue weighted by atomic mass is 10.0. The number of guanidine groups is 1. The zero-order valence-corrected chi connectivity index (χ0v) is 20.7. The van der Waals surface area contributed by atoms with Gasteiger partial charge in [0.1, 0.15) is 0 Å². The summed E-state index contributed by atoms with van der Waals surface area (Å²) in [5.41, 5.74) is 2.41. The molecule has 2 N–H and O–H groups in total. The van der Waals surface area contributed by atoms with Crippen molar-refractivity contribution < 1.29 is 0 Å². The summed E-state index contributed by atoms with van der Waals surface area (Å²) in [5.74, 6) is 0.892. The molecule has 1 aromatic heterocycles. The van der Waals surface area contributed by atoms with E-state index < -0.39 is 0 Å². The van der Waals surface area contributed by atoms with Gasteiger partial charge in [0.2, 0.25) is 0 Å². The van der Waals surface area contributed by atoms with Crippen molar-refractivity contribution in [1.82, 2.24) is 20.5 Å². The minimum Gasteiger partial charge on any atom is -0.357 e. The number of aliphatic imine (C=N–C) groups is 1. The van der Waals surface area contributed by atoms with E-state index in [2.05, 4.69) is 63.2 Å². The van der Waals surface area contributed by atoms with Crippen LogP contribution >= 0.6 is 35.3 Å². The molecular formula is C21H33IN6S. The minimum atomic E-state index is 0. The molecule has 0 bridgehead atoms. The molecule has 0 spiro atoms. The molecule has 0 unspecified atom stereocenters. The van der Waals surface area contributed by atoms with Gasteiger partial charge in [-0.05, 0) is 25.3 Å². The van der Waals surface area contributed by atoms with Crippen molar-refractivity contribution in [1.29, 1.82) is 0 Å². The van der Waals surface area contributed by atoms with Crippen LogP contribution in [0.25, 0.3) is 0 Å². The summed E-state index contributed by atoms with van der Waals surface area (Å²) in [4.78, 5) is 13.9. The molecule has 3 rings (SSSR count). The van der Waals surface area contributed by atoms with Gasteiger partial charge >= 0.3 is 0 Å². The maximum absolute atomic E-state index is 4.74. The Balaban J connectivity index is 0.00000300. The quantitative estimate of drug-likeness (QED) is 0.327. The number of aromatic nitrogens is 1. The number of nitrogens with zero attached hydrogens (tertiary/aromatic N) is 4. The van der Waals surface area contributed by atoms with Gasteiger partial charge in [-0.1, -0.05) is 30.3 Å². The molecule has 29 heavy (non-hydrogen) atoms. The number of rotatable bonds is 7. The fourth-order valence-corrected chi connectivity index (χ4v) is 4.07. The second kappa shape index (κ2) is 12.3. The lowest BCUT2D eigenvalue weighted by Gasteiger charge is -2.33. The number of anilines is 1. The number of thiazole rings is 1. The molecule has 0 aliphatic carbocycles. The Morgan fingerprint density at radius 2 is 1.97 bits per heavy atom. The molecule has 1 saturated heterocycles. The van der Waals surface area contributed by atoms with E-state index in [1.54, 1.807) is 11.3 Å². The molecule has 1 aliphatic heterocycles. The van der Waals surface area contributed by atoms with Crippen LogP contribution in [-0.2, 0) is 13.1 Å². The SMILES string of the molecule is CCNC(=NCc1csc(N(C)C)n1)NC1CCN(Cc2ccccc2)CC1.I. The summed E-state index contributed by atoms with van der Waals surface area (Å²) in [6.07, 6.45) is 2.28. The smallest absolute Gasteiger partial charge is 0.191 e. The third-order valence-corrected chi connectivity index (χ3v) is 5.90. The van der Waals surface area contributed by atoms with Gasteiger partial charge in [-0.3, -0.25) is 4.90 Å². The van der Waals surface area contributed by atoms with E-state index in [4.69, 9.17) is 4.99 Å². The molecule has 8 heteroatoms. The minimum absolute atomic E-state index is 0. The fourth-order valence-electron chi connectivity index (χ4n) is 3.32. The summed E-state index contributed by atoms with van der Waals surface area (Å²) >= 11 is 1.66. The van der Waals surface area contributed by atoms with Crippen LogP contribution < -0.4 is 15.5 Å². The van der Waals surface area contributed by atoms with Crippen LogP contribution in [0.1, 0.15) is 31.0 Å². The summed E-state index contributed by atoms with van der Waals surface area (Å²) in [6, 6.07) is 11.2. The second-order valence-corrected chi connectivity index (χ2v) is 8.23. The normalized spacial score (nSPS) is 15.6. The topological polar surface area (TPSA) is 55.8 Å². The standard InChI is InChI=1S/C21H32N6S.HI/c1-4-22-20(23-14-19-16-28-21(25-19)26(2)3)24-18-10-12-27(13-11-18)15-17-8-6-5-7-9-17;/h5-9,16,18H,4,10-15H2,1-3H3,(H2,22,23,24);1H. The number of likely N-dealkylation sites (tertiary alicyclic amines) is 1. The number of hydrogen-bond acceptors (Lipinski definition) is 5. The molecular weight excluding hydrogens is 495 g/mol. The third kappa shape index (κ3) is 7.75.